The van der Waals surface area contributed by atoms with Crippen molar-refractivity contribution >= 4 is 29.9 Å². The minimum atomic E-state index is 0. The van der Waals surface area contributed by atoms with Crippen molar-refractivity contribution in [2.75, 3.05) is 45.9 Å². The van der Waals surface area contributed by atoms with Crippen molar-refractivity contribution in [2.45, 2.75) is 56.9 Å². The van der Waals surface area contributed by atoms with Crippen molar-refractivity contribution in [3.63, 3.8) is 0 Å². The maximum absolute atomic E-state index is 6.32. The minimum Gasteiger partial charge on any atom is -0.381 e. The molecule has 0 bridgehead atoms. The van der Waals surface area contributed by atoms with E-state index in [1.54, 1.807) is 0 Å². The number of halogens is 1. The summed E-state index contributed by atoms with van der Waals surface area (Å²) in [7, 11) is 0. The molecule has 2 N–H and O–H groups in total. The van der Waals surface area contributed by atoms with Crippen molar-refractivity contribution < 1.29 is 4.74 Å². The molecule has 3 fully saturated rings. The first-order valence-corrected chi connectivity index (χ1v) is 9.18. The molecular formula is C17H33IN4O. The van der Waals surface area contributed by atoms with Gasteiger partial charge < -0.3 is 15.4 Å². The van der Waals surface area contributed by atoms with Gasteiger partial charge in [0.1, 0.15) is 0 Å². The molecule has 3 aliphatic rings. The van der Waals surface area contributed by atoms with Crippen molar-refractivity contribution in [3.05, 3.63) is 0 Å². The lowest BCUT2D eigenvalue weighted by Gasteiger charge is -2.43. The van der Waals surface area contributed by atoms with Crippen LogP contribution in [-0.4, -0.2) is 67.2 Å². The van der Waals surface area contributed by atoms with Crippen molar-refractivity contribution in [3.8, 4) is 0 Å². The van der Waals surface area contributed by atoms with E-state index >= 15 is 0 Å². The topological polar surface area (TPSA) is 54.1 Å². The monoisotopic (exact) mass is 436 g/mol. The Hall–Kier alpha value is -0.0800. The van der Waals surface area contributed by atoms with Gasteiger partial charge >= 0.3 is 0 Å². The zero-order valence-corrected chi connectivity index (χ0v) is 16.7. The Morgan fingerprint density at radius 1 is 0.913 bits per heavy atom. The molecule has 3 aliphatic heterocycles. The number of hydrogen-bond donors (Lipinski definition) is 1. The molecule has 5 nitrogen and oxygen atoms in total. The van der Waals surface area contributed by atoms with Crippen LogP contribution in [0, 0.1) is 0 Å². The first-order valence-electron chi connectivity index (χ1n) is 9.18. The second kappa shape index (κ2) is 9.42. The minimum absolute atomic E-state index is 0. The van der Waals surface area contributed by atoms with E-state index in [1.807, 2.05) is 0 Å². The van der Waals surface area contributed by atoms with E-state index in [1.165, 1.54) is 51.6 Å². The quantitative estimate of drug-likeness (QED) is 0.420. The van der Waals surface area contributed by atoms with Gasteiger partial charge in [0.25, 0.3) is 0 Å². The van der Waals surface area contributed by atoms with Crippen LogP contribution in [0.4, 0.5) is 0 Å². The second-order valence-corrected chi connectivity index (χ2v) is 7.11. The van der Waals surface area contributed by atoms with E-state index in [9.17, 15) is 0 Å². The Morgan fingerprint density at radius 2 is 1.48 bits per heavy atom. The van der Waals surface area contributed by atoms with Gasteiger partial charge in [-0.1, -0.05) is 12.8 Å². The summed E-state index contributed by atoms with van der Waals surface area (Å²) < 4.78 is 5.61. The summed E-state index contributed by atoms with van der Waals surface area (Å²) in [4.78, 5) is 9.81. The first-order chi connectivity index (χ1) is 10.8. The van der Waals surface area contributed by atoms with Gasteiger partial charge in [0.2, 0.25) is 0 Å². The number of hydrogen-bond acceptors (Lipinski definition) is 3. The standard InChI is InChI=1S/C17H32N4O.HI/c18-16(20-9-3-1-2-4-10-20)19-15-17(7-13-22-14-8-17)21-11-5-6-12-21;/h1-15H2,(H2,18,19);1H. The summed E-state index contributed by atoms with van der Waals surface area (Å²) in [5, 5.41) is 0. The number of rotatable bonds is 3. The van der Waals surface area contributed by atoms with Gasteiger partial charge in [0.15, 0.2) is 5.96 Å². The Bertz CT molecular complexity index is 371. The van der Waals surface area contributed by atoms with Crippen LogP contribution < -0.4 is 5.73 Å². The lowest BCUT2D eigenvalue weighted by atomic mass is 9.88. The highest BCUT2D eigenvalue weighted by atomic mass is 127. The fraction of sp³-hybridized carbons (Fsp3) is 0.941. The first kappa shape index (κ1) is 19.2. The van der Waals surface area contributed by atoms with Crippen LogP contribution in [-0.2, 0) is 4.74 Å². The fourth-order valence-corrected chi connectivity index (χ4v) is 4.15. The Morgan fingerprint density at radius 3 is 2.09 bits per heavy atom. The third kappa shape index (κ3) is 4.95. The summed E-state index contributed by atoms with van der Waals surface area (Å²) in [6, 6.07) is 0. The highest BCUT2D eigenvalue weighted by Crippen LogP contribution is 2.31. The SMILES string of the molecule is I.NC(=NCC1(N2CCCC2)CCOCC1)N1CCCCCC1. The maximum Gasteiger partial charge on any atom is 0.191 e. The normalized spacial score (nSPS) is 26.6. The molecule has 0 atom stereocenters. The average Bonchev–Trinajstić information content (AvgIpc) is 2.97. The van der Waals surface area contributed by atoms with Crippen molar-refractivity contribution in [2.24, 2.45) is 10.7 Å². The molecule has 0 aliphatic carbocycles. The molecule has 0 radical (unpaired) electrons. The molecule has 3 heterocycles. The molecule has 0 saturated carbocycles. The number of guanidine groups is 1. The number of nitrogens with two attached hydrogens (primary N) is 1. The van der Waals surface area contributed by atoms with Gasteiger partial charge in [0.05, 0.1) is 6.54 Å². The van der Waals surface area contributed by atoms with Crippen molar-refractivity contribution in [1.82, 2.24) is 9.80 Å². The summed E-state index contributed by atoms with van der Waals surface area (Å²) in [6.45, 7) is 7.19. The van der Waals surface area contributed by atoms with Crippen LogP contribution >= 0.6 is 24.0 Å². The van der Waals surface area contributed by atoms with Crippen LogP contribution in [0.5, 0.6) is 0 Å². The van der Waals surface area contributed by atoms with Gasteiger partial charge in [0, 0.05) is 31.8 Å². The molecule has 0 aromatic carbocycles. The number of ether oxygens (including phenoxy) is 1. The highest BCUT2D eigenvalue weighted by Gasteiger charge is 2.39. The van der Waals surface area contributed by atoms with E-state index < -0.39 is 0 Å². The third-order valence-electron chi connectivity index (χ3n) is 5.67. The predicted octanol–water partition coefficient (Wildman–Crippen LogP) is 2.44. The molecule has 0 aromatic heterocycles. The van der Waals surface area contributed by atoms with Crippen LogP contribution in [0.25, 0.3) is 0 Å². The largest absolute Gasteiger partial charge is 0.381 e. The lowest BCUT2D eigenvalue weighted by Crippen LogP contribution is -2.54. The summed E-state index contributed by atoms with van der Waals surface area (Å²) in [5.74, 6) is 0.770. The van der Waals surface area contributed by atoms with Crippen LogP contribution in [0.1, 0.15) is 51.4 Å². The molecule has 0 amide bonds. The van der Waals surface area contributed by atoms with E-state index in [4.69, 9.17) is 15.5 Å². The summed E-state index contributed by atoms with van der Waals surface area (Å²) >= 11 is 0. The van der Waals surface area contributed by atoms with E-state index in [0.717, 1.165) is 51.6 Å². The predicted molar refractivity (Wildman–Crippen MR) is 106 cm³/mol. The number of aliphatic imine (C=N–C) groups is 1. The molecule has 134 valence electrons. The lowest BCUT2D eigenvalue weighted by molar-refractivity contribution is -0.0139. The summed E-state index contributed by atoms with van der Waals surface area (Å²) in [6.07, 6.45) is 10.0. The molecular weight excluding hydrogens is 403 g/mol. The maximum atomic E-state index is 6.32. The smallest absolute Gasteiger partial charge is 0.191 e. The number of likely N-dealkylation sites (tertiary alicyclic amines) is 2. The van der Waals surface area contributed by atoms with Gasteiger partial charge in [-0.3, -0.25) is 9.89 Å². The molecule has 0 aromatic rings. The van der Waals surface area contributed by atoms with E-state index in [0.29, 0.717) is 0 Å². The van der Waals surface area contributed by atoms with Crippen molar-refractivity contribution in [1.29, 1.82) is 0 Å². The fourth-order valence-electron chi connectivity index (χ4n) is 4.15. The van der Waals surface area contributed by atoms with Gasteiger partial charge in [-0.25, -0.2) is 0 Å². The molecule has 0 unspecified atom stereocenters. The van der Waals surface area contributed by atoms with Gasteiger partial charge in [-0.05, 0) is 51.6 Å². The molecule has 0 spiro atoms. The Kier molecular flexibility index (Phi) is 7.88. The third-order valence-corrected chi connectivity index (χ3v) is 5.67. The Labute approximate surface area is 158 Å². The van der Waals surface area contributed by atoms with Crippen LogP contribution in [0.15, 0.2) is 4.99 Å². The van der Waals surface area contributed by atoms with Crippen LogP contribution in [0.3, 0.4) is 0 Å². The van der Waals surface area contributed by atoms with E-state index in [2.05, 4.69) is 9.80 Å². The molecule has 23 heavy (non-hydrogen) atoms. The highest BCUT2D eigenvalue weighted by molar-refractivity contribution is 14.0. The van der Waals surface area contributed by atoms with Crippen LogP contribution in [0.2, 0.25) is 0 Å². The number of nitrogens with zero attached hydrogens (tertiary/aromatic N) is 3. The van der Waals surface area contributed by atoms with E-state index in [-0.39, 0.29) is 29.5 Å². The zero-order valence-electron chi connectivity index (χ0n) is 14.3. The molecule has 3 rings (SSSR count). The van der Waals surface area contributed by atoms with Gasteiger partial charge in [-0.2, -0.15) is 0 Å². The second-order valence-electron chi connectivity index (χ2n) is 7.11. The molecule has 3 saturated heterocycles. The average molecular weight is 436 g/mol. The Balaban J connectivity index is 0.00000192. The van der Waals surface area contributed by atoms with Gasteiger partial charge in [-0.15, -0.1) is 24.0 Å². The zero-order chi connectivity index (χ0) is 15.3. The summed E-state index contributed by atoms with van der Waals surface area (Å²) in [5.41, 5.74) is 6.52. The molecule has 6 heteroatoms.